The minimum Gasteiger partial charge on any atom is -0.334 e. The fraction of sp³-hybridized carbons (Fsp3) is 1.00. The summed E-state index contributed by atoms with van der Waals surface area (Å²) in [6, 6.07) is 0. The van der Waals surface area contributed by atoms with Gasteiger partial charge in [0, 0.05) is 8.41 Å². The second-order valence-electron chi connectivity index (χ2n) is 3.73. The molecule has 3 radical (unpaired) electrons. The minimum absolute atomic E-state index is 0. The first kappa shape index (κ1) is 16.3. The average molecular weight is 209 g/mol. The molecule has 0 rings (SSSR count). The molecule has 0 aliphatic heterocycles. The maximum Gasteiger partial charge on any atom is 0.384 e. The second kappa shape index (κ2) is 7.15. The highest BCUT2D eigenvalue weighted by molar-refractivity contribution is 5.75. The van der Waals surface area contributed by atoms with Crippen molar-refractivity contribution in [2.45, 2.75) is 51.8 Å². The Morgan fingerprint density at radius 2 is 1.57 bits per heavy atom. The minimum atomic E-state index is -4.17. The Morgan fingerprint density at radius 1 is 1.14 bits per heavy atom. The van der Waals surface area contributed by atoms with E-state index in [-0.39, 0.29) is 14.8 Å². The van der Waals surface area contributed by atoms with Gasteiger partial charge in [0.2, 0.25) is 0 Å². The van der Waals surface area contributed by atoms with Gasteiger partial charge in [-0.2, -0.15) is 8.78 Å². The molecule has 0 saturated heterocycles. The van der Waals surface area contributed by atoms with Gasteiger partial charge in [-0.15, -0.1) is 0 Å². The van der Waals surface area contributed by atoms with Crippen LogP contribution >= 0.6 is 0 Å². The first-order valence-corrected chi connectivity index (χ1v) is 4.58. The Hall–Kier alpha value is -0.185. The molecule has 1 atom stereocenters. The summed E-state index contributed by atoms with van der Waals surface area (Å²) in [6.45, 7) is 4.04. The van der Waals surface area contributed by atoms with Gasteiger partial charge in [0.15, 0.2) is 6.17 Å². The molecule has 1 nitrogen and oxygen atoms in total. The standard InChI is InChI=1S/C9H17F3O.B/c1-7(2)5-3-4-6-8(10)9(11,12)13;/h7-8,13H,3-6H2,1-2H3;. The van der Waals surface area contributed by atoms with Crippen molar-refractivity contribution in [3.63, 3.8) is 0 Å². The first-order chi connectivity index (χ1) is 5.84. The van der Waals surface area contributed by atoms with Gasteiger partial charge in [-0.25, -0.2) is 4.39 Å². The van der Waals surface area contributed by atoms with Crippen LogP contribution in [0.4, 0.5) is 13.2 Å². The molecule has 0 aromatic rings. The van der Waals surface area contributed by atoms with Crippen molar-refractivity contribution in [3.8, 4) is 0 Å². The molecule has 0 amide bonds. The van der Waals surface area contributed by atoms with E-state index >= 15 is 0 Å². The van der Waals surface area contributed by atoms with Gasteiger partial charge >= 0.3 is 6.11 Å². The molecule has 0 fully saturated rings. The van der Waals surface area contributed by atoms with Crippen LogP contribution < -0.4 is 0 Å². The molecular formula is C9H17BF3O. The van der Waals surface area contributed by atoms with Gasteiger partial charge in [-0.3, -0.25) is 0 Å². The van der Waals surface area contributed by atoms with E-state index in [2.05, 4.69) is 0 Å². The van der Waals surface area contributed by atoms with E-state index in [1.54, 1.807) is 0 Å². The summed E-state index contributed by atoms with van der Waals surface area (Å²) in [7, 11) is 0. The predicted molar refractivity (Wildman–Crippen MR) is 51.1 cm³/mol. The molecule has 0 aliphatic rings. The molecule has 14 heavy (non-hydrogen) atoms. The lowest BCUT2D eigenvalue weighted by atomic mass is 10.0. The number of rotatable bonds is 6. The Bertz CT molecular complexity index is 137. The lowest BCUT2D eigenvalue weighted by Gasteiger charge is -2.13. The fourth-order valence-corrected chi connectivity index (χ4v) is 1.05. The molecule has 0 heterocycles. The van der Waals surface area contributed by atoms with Crippen molar-refractivity contribution in [1.29, 1.82) is 0 Å². The number of unbranched alkanes of at least 4 members (excludes halogenated alkanes) is 1. The van der Waals surface area contributed by atoms with E-state index in [1.807, 2.05) is 13.8 Å². The number of aliphatic hydroxyl groups is 1. The molecule has 0 spiro atoms. The Morgan fingerprint density at radius 3 is 1.93 bits per heavy atom. The molecule has 1 N–H and O–H groups in total. The van der Waals surface area contributed by atoms with Crippen LogP contribution in [0, 0.1) is 5.92 Å². The van der Waals surface area contributed by atoms with Gasteiger partial charge in [-0.05, 0) is 12.3 Å². The van der Waals surface area contributed by atoms with E-state index in [4.69, 9.17) is 5.11 Å². The Kier molecular flexibility index (Phi) is 8.30. The van der Waals surface area contributed by atoms with Gasteiger partial charge in [0.1, 0.15) is 0 Å². The summed E-state index contributed by atoms with van der Waals surface area (Å²) < 4.78 is 36.2. The SMILES string of the molecule is CC(C)CCCCC(F)C(O)(F)F.[B]. The van der Waals surface area contributed by atoms with Gasteiger partial charge in [0.25, 0.3) is 0 Å². The van der Waals surface area contributed by atoms with Gasteiger partial charge in [0.05, 0.1) is 0 Å². The monoisotopic (exact) mass is 209 g/mol. The number of hydrogen-bond acceptors (Lipinski definition) is 1. The number of alkyl halides is 3. The highest BCUT2D eigenvalue weighted by Crippen LogP contribution is 2.22. The molecule has 0 saturated carbocycles. The molecule has 0 aromatic carbocycles. The van der Waals surface area contributed by atoms with Crippen molar-refractivity contribution < 1.29 is 18.3 Å². The van der Waals surface area contributed by atoms with Crippen molar-refractivity contribution in [3.05, 3.63) is 0 Å². The third kappa shape index (κ3) is 8.41. The van der Waals surface area contributed by atoms with Crippen molar-refractivity contribution in [2.75, 3.05) is 0 Å². The normalized spacial score (nSPS) is 13.9. The van der Waals surface area contributed by atoms with Crippen LogP contribution in [0.25, 0.3) is 0 Å². The van der Waals surface area contributed by atoms with Crippen LogP contribution in [-0.4, -0.2) is 25.8 Å². The third-order valence-corrected chi connectivity index (χ3v) is 1.87. The summed E-state index contributed by atoms with van der Waals surface area (Å²) in [5.74, 6) is 0.507. The Labute approximate surface area is 85.3 Å². The average Bonchev–Trinajstić information content (AvgIpc) is 1.95. The van der Waals surface area contributed by atoms with Crippen molar-refractivity contribution >= 4 is 8.41 Å². The molecule has 0 bridgehead atoms. The first-order valence-electron chi connectivity index (χ1n) is 4.58. The number of hydrogen-bond donors (Lipinski definition) is 1. The summed E-state index contributed by atoms with van der Waals surface area (Å²) in [6.07, 6.45) is -4.82. The largest absolute Gasteiger partial charge is 0.384 e. The molecule has 0 aliphatic carbocycles. The maximum absolute atomic E-state index is 12.4. The Balaban J connectivity index is 0. The maximum atomic E-state index is 12.4. The zero-order valence-corrected chi connectivity index (χ0v) is 8.64. The molecular weight excluding hydrogens is 192 g/mol. The van der Waals surface area contributed by atoms with Crippen LogP contribution in [0.1, 0.15) is 39.5 Å². The molecule has 83 valence electrons. The summed E-state index contributed by atoms with van der Waals surface area (Å²) in [4.78, 5) is 0. The van der Waals surface area contributed by atoms with E-state index in [1.165, 1.54) is 0 Å². The van der Waals surface area contributed by atoms with E-state index < -0.39 is 12.3 Å². The predicted octanol–water partition coefficient (Wildman–Crippen LogP) is 2.75. The highest BCUT2D eigenvalue weighted by atomic mass is 19.3. The van der Waals surface area contributed by atoms with Crippen molar-refractivity contribution in [2.24, 2.45) is 5.92 Å². The quantitative estimate of drug-likeness (QED) is 0.526. The van der Waals surface area contributed by atoms with E-state index in [0.29, 0.717) is 12.3 Å². The highest BCUT2D eigenvalue weighted by Gasteiger charge is 2.36. The van der Waals surface area contributed by atoms with E-state index in [0.717, 1.165) is 12.8 Å². The van der Waals surface area contributed by atoms with Crippen LogP contribution in [0.15, 0.2) is 0 Å². The molecule has 5 heteroatoms. The zero-order chi connectivity index (χ0) is 10.5. The second-order valence-corrected chi connectivity index (χ2v) is 3.73. The lowest BCUT2D eigenvalue weighted by molar-refractivity contribution is -0.241. The van der Waals surface area contributed by atoms with E-state index in [9.17, 15) is 13.2 Å². The molecule has 1 unspecified atom stereocenters. The van der Waals surface area contributed by atoms with Crippen LogP contribution in [0.5, 0.6) is 0 Å². The van der Waals surface area contributed by atoms with Crippen molar-refractivity contribution in [1.82, 2.24) is 0 Å². The topological polar surface area (TPSA) is 20.2 Å². The van der Waals surface area contributed by atoms with Crippen LogP contribution in [-0.2, 0) is 0 Å². The smallest absolute Gasteiger partial charge is 0.334 e. The summed E-state index contributed by atoms with van der Waals surface area (Å²) >= 11 is 0. The summed E-state index contributed by atoms with van der Waals surface area (Å²) in [5.41, 5.74) is 0. The third-order valence-electron chi connectivity index (χ3n) is 1.87. The van der Waals surface area contributed by atoms with Gasteiger partial charge in [-0.1, -0.05) is 33.1 Å². The van der Waals surface area contributed by atoms with Gasteiger partial charge < -0.3 is 5.11 Å². The molecule has 0 aromatic heterocycles. The lowest BCUT2D eigenvalue weighted by Crippen LogP contribution is -2.29. The van der Waals surface area contributed by atoms with Crippen LogP contribution in [0.2, 0.25) is 0 Å². The fourth-order valence-electron chi connectivity index (χ4n) is 1.05. The zero-order valence-electron chi connectivity index (χ0n) is 8.64. The number of halogens is 3. The van der Waals surface area contributed by atoms with Crippen LogP contribution in [0.3, 0.4) is 0 Å². The summed E-state index contributed by atoms with van der Waals surface area (Å²) in [5, 5.41) is 7.99.